The highest BCUT2D eigenvalue weighted by atomic mass is 32.2. The van der Waals surface area contributed by atoms with Crippen LogP contribution in [0.2, 0.25) is 0 Å². The predicted molar refractivity (Wildman–Crippen MR) is 91.0 cm³/mol. The first-order chi connectivity index (χ1) is 11.5. The standard InChI is InChI=1S/C15H22N2O6S2/c1-11-10-17(9-8-14(11)15(18)19)25(22,23)13-6-4-12(5-7-13)24(20,21)16(2)3/h4-7,11,14H,8-10H2,1-3H3,(H,18,19). The molecule has 1 aromatic rings. The topological polar surface area (TPSA) is 112 Å². The molecule has 0 saturated carbocycles. The Morgan fingerprint density at radius 1 is 1.12 bits per heavy atom. The van der Waals surface area contributed by atoms with Gasteiger partial charge in [0, 0.05) is 27.2 Å². The molecule has 1 aromatic carbocycles. The third-order valence-corrected chi connectivity index (χ3v) is 8.13. The van der Waals surface area contributed by atoms with E-state index in [1.807, 2.05) is 0 Å². The highest BCUT2D eigenvalue weighted by Gasteiger charge is 2.36. The van der Waals surface area contributed by atoms with Crippen LogP contribution in [-0.2, 0) is 24.8 Å². The summed E-state index contributed by atoms with van der Waals surface area (Å²) in [6, 6.07) is 5.05. The Hall–Kier alpha value is -1.49. The Balaban J connectivity index is 2.25. The van der Waals surface area contributed by atoms with Gasteiger partial charge in [0.2, 0.25) is 20.0 Å². The largest absolute Gasteiger partial charge is 0.481 e. The third-order valence-electron chi connectivity index (χ3n) is 4.43. The molecule has 1 aliphatic heterocycles. The summed E-state index contributed by atoms with van der Waals surface area (Å²) >= 11 is 0. The van der Waals surface area contributed by atoms with E-state index in [0.29, 0.717) is 0 Å². The average molecular weight is 390 g/mol. The van der Waals surface area contributed by atoms with Crippen molar-refractivity contribution in [3.63, 3.8) is 0 Å². The van der Waals surface area contributed by atoms with E-state index >= 15 is 0 Å². The molecule has 1 saturated heterocycles. The second kappa shape index (κ2) is 7.02. The first kappa shape index (κ1) is 19.8. The lowest BCUT2D eigenvalue weighted by Crippen LogP contribution is -2.44. The fourth-order valence-electron chi connectivity index (χ4n) is 2.84. The molecule has 0 spiro atoms. The van der Waals surface area contributed by atoms with Gasteiger partial charge in [-0.3, -0.25) is 4.79 Å². The van der Waals surface area contributed by atoms with Crippen molar-refractivity contribution in [1.29, 1.82) is 0 Å². The Kier molecular flexibility index (Phi) is 5.57. The van der Waals surface area contributed by atoms with Gasteiger partial charge in [-0.1, -0.05) is 6.92 Å². The molecule has 1 N–H and O–H groups in total. The van der Waals surface area contributed by atoms with Gasteiger partial charge < -0.3 is 5.11 Å². The molecule has 0 amide bonds. The van der Waals surface area contributed by atoms with Crippen LogP contribution in [0.1, 0.15) is 13.3 Å². The van der Waals surface area contributed by atoms with Crippen LogP contribution >= 0.6 is 0 Å². The van der Waals surface area contributed by atoms with Crippen LogP contribution in [0, 0.1) is 11.8 Å². The summed E-state index contributed by atoms with van der Waals surface area (Å²) in [4.78, 5) is 11.1. The summed E-state index contributed by atoms with van der Waals surface area (Å²) < 4.78 is 51.8. The summed E-state index contributed by atoms with van der Waals surface area (Å²) in [5, 5.41) is 9.14. The van der Waals surface area contributed by atoms with Crippen molar-refractivity contribution >= 4 is 26.0 Å². The molecule has 0 aliphatic carbocycles. The molecule has 1 heterocycles. The van der Waals surface area contributed by atoms with Crippen molar-refractivity contribution in [2.24, 2.45) is 11.8 Å². The Morgan fingerprint density at radius 2 is 1.64 bits per heavy atom. The van der Waals surface area contributed by atoms with Crippen LogP contribution in [0.3, 0.4) is 0 Å². The minimum atomic E-state index is -3.79. The van der Waals surface area contributed by atoms with Crippen molar-refractivity contribution in [2.75, 3.05) is 27.2 Å². The van der Waals surface area contributed by atoms with Gasteiger partial charge in [0.15, 0.2) is 0 Å². The zero-order chi connectivity index (χ0) is 19.0. The van der Waals surface area contributed by atoms with E-state index in [-0.39, 0.29) is 35.2 Å². The molecule has 8 nitrogen and oxygen atoms in total. The smallest absolute Gasteiger partial charge is 0.306 e. The number of carboxylic acid groups (broad SMARTS) is 1. The summed E-state index contributed by atoms with van der Waals surface area (Å²) in [7, 11) is -4.63. The third kappa shape index (κ3) is 3.86. The Labute approximate surface area is 148 Å². The predicted octanol–water partition coefficient (Wildman–Crippen LogP) is 0.668. The highest BCUT2D eigenvalue weighted by molar-refractivity contribution is 7.89. The quantitative estimate of drug-likeness (QED) is 0.791. The molecule has 2 rings (SSSR count). The van der Waals surface area contributed by atoms with E-state index in [2.05, 4.69) is 0 Å². The molecule has 2 atom stereocenters. The van der Waals surface area contributed by atoms with E-state index < -0.39 is 31.9 Å². The minimum Gasteiger partial charge on any atom is -0.481 e. The number of aliphatic carboxylic acids is 1. The summed E-state index contributed by atoms with van der Waals surface area (Å²) in [5.74, 6) is -1.77. The van der Waals surface area contributed by atoms with Gasteiger partial charge in [0.05, 0.1) is 15.7 Å². The van der Waals surface area contributed by atoms with Crippen LogP contribution in [0.15, 0.2) is 34.1 Å². The number of rotatable bonds is 5. The molecule has 10 heteroatoms. The SMILES string of the molecule is CC1CN(S(=O)(=O)c2ccc(S(=O)(=O)N(C)C)cc2)CCC1C(=O)O. The van der Waals surface area contributed by atoms with Crippen LogP contribution in [0.25, 0.3) is 0 Å². The first-order valence-electron chi connectivity index (χ1n) is 7.73. The second-order valence-electron chi connectivity index (χ2n) is 6.33. The van der Waals surface area contributed by atoms with E-state index in [1.54, 1.807) is 6.92 Å². The normalized spacial score (nSPS) is 22.9. The second-order valence-corrected chi connectivity index (χ2v) is 10.4. The monoisotopic (exact) mass is 390 g/mol. The number of benzene rings is 1. The van der Waals surface area contributed by atoms with Crippen LogP contribution < -0.4 is 0 Å². The molecule has 140 valence electrons. The lowest BCUT2D eigenvalue weighted by molar-refractivity contribution is -0.144. The minimum absolute atomic E-state index is 0.00817. The maximum Gasteiger partial charge on any atom is 0.306 e. The van der Waals surface area contributed by atoms with Gasteiger partial charge in [-0.2, -0.15) is 4.31 Å². The van der Waals surface area contributed by atoms with Crippen molar-refractivity contribution in [2.45, 2.75) is 23.1 Å². The summed E-state index contributed by atoms with van der Waals surface area (Å²) in [6.07, 6.45) is 0.253. The van der Waals surface area contributed by atoms with E-state index in [0.717, 1.165) is 4.31 Å². The summed E-state index contributed by atoms with van der Waals surface area (Å²) in [6.45, 7) is 1.96. The maximum atomic E-state index is 12.7. The van der Waals surface area contributed by atoms with Crippen molar-refractivity contribution in [3.8, 4) is 0 Å². The molecule has 0 bridgehead atoms. The van der Waals surface area contributed by atoms with Crippen LogP contribution in [-0.4, -0.2) is 63.7 Å². The van der Waals surface area contributed by atoms with Gasteiger partial charge in [0.1, 0.15) is 0 Å². The van der Waals surface area contributed by atoms with Crippen LogP contribution in [0.4, 0.5) is 0 Å². The molecule has 1 aliphatic rings. The van der Waals surface area contributed by atoms with E-state index in [4.69, 9.17) is 5.11 Å². The lowest BCUT2D eigenvalue weighted by Gasteiger charge is -2.34. The molecule has 0 radical (unpaired) electrons. The molecular weight excluding hydrogens is 368 g/mol. The number of nitrogens with zero attached hydrogens (tertiary/aromatic N) is 2. The van der Waals surface area contributed by atoms with Crippen molar-refractivity contribution < 1.29 is 26.7 Å². The van der Waals surface area contributed by atoms with Crippen molar-refractivity contribution in [3.05, 3.63) is 24.3 Å². The molecular formula is C15H22N2O6S2. The maximum absolute atomic E-state index is 12.7. The van der Waals surface area contributed by atoms with E-state index in [9.17, 15) is 21.6 Å². The lowest BCUT2D eigenvalue weighted by atomic mass is 9.88. The van der Waals surface area contributed by atoms with E-state index in [1.165, 1.54) is 42.7 Å². The fourth-order valence-corrected chi connectivity index (χ4v) is 5.29. The zero-order valence-electron chi connectivity index (χ0n) is 14.3. The first-order valence-corrected chi connectivity index (χ1v) is 10.6. The molecule has 0 aromatic heterocycles. The number of carbonyl (C=O) groups is 1. The molecule has 2 unspecified atom stereocenters. The highest BCUT2D eigenvalue weighted by Crippen LogP contribution is 2.28. The average Bonchev–Trinajstić information content (AvgIpc) is 2.54. The van der Waals surface area contributed by atoms with Gasteiger partial charge in [-0.15, -0.1) is 0 Å². The number of sulfonamides is 2. The number of hydrogen-bond acceptors (Lipinski definition) is 5. The summed E-state index contributed by atoms with van der Waals surface area (Å²) in [5.41, 5.74) is 0. The fraction of sp³-hybridized carbons (Fsp3) is 0.533. The van der Waals surface area contributed by atoms with Crippen LogP contribution in [0.5, 0.6) is 0 Å². The van der Waals surface area contributed by atoms with Crippen molar-refractivity contribution in [1.82, 2.24) is 8.61 Å². The molecule has 1 fully saturated rings. The van der Waals surface area contributed by atoms with Gasteiger partial charge in [-0.05, 0) is 36.6 Å². The van der Waals surface area contributed by atoms with Gasteiger partial charge >= 0.3 is 5.97 Å². The molecule has 25 heavy (non-hydrogen) atoms. The zero-order valence-corrected chi connectivity index (χ0v) is 15.9. The number of piperidine rings is 1. The van der Waals surface area contributed by atoms with Gasteiger partial charge in [0.25, 0.3) is 0 Å². The van der Waals surface area contributed by atoms with Gasteiger partial charge in [-0.25, -0.2) is 21.1 Å². The number of carboxylic acids is 1. The Morgan fingerprint density at radius 3 is 2.08 bits per heavy atom. The Bertz CT molecular complexity index is 847. The number of hydrogen-bond donors (Lipinski definition) is 1.